The molecule has 0 unspecified atom stereocenters. The fourth-order valence-corrected chi connectivity index (χ4v) is 3.74. The van der Waals surface area contributed by atoms with E-state index in [9.17, 15) is 9.59 Å². The van der Waals surface area contributed by atoms with Crippen molar-refractivity contribution in [1.29, 1.82) is 0 Å². The lowest BCUT2D eigenvalue weighted by molar-refractivity contribution is -0.709. The molecule has 0 aliphatic rings. The molecule has 0 aliphatic carbocycles. The van der Waals surface area contributed by atoms with Crippen LogP contribution in [-0.2, 0) is 30.2 Å². The minimum Gasteiger partial charge on any atom is -1.00 e. The maximum Gasteiger partial charge on any atom is 0.317 e. The second-order valence-corrected chi connectivity index (χ2v) is 7.31. The van der Waals surface area contributed by atoms with E-state index in [1.54, 1.807) is 11.3 Å². The van der Waals surface area contributed by atoms with Gasteiger partial charge in [0.25, 0.3) is 0 Å². The van der Waals surface area contributed by atoms with Gasteiger partial charge < -0.3 is 17.7 Å². The van der Waals surface area contributed by atoms with Gasteiger partial charge in [-0.1, -0.05) is 6.07 Å². The van der Waals surface area contributed by atoms with Crippen LogP contribution in [0.1, 0.15) is 24.1 Å². The van der Waals surface area contributed by atoms with Gasteiger partial charge in [-0.15, -0.1) is 11.3 Å². The number of halogens is 1. The van der Waals surface area contributed by atoms with E-state index in [4.69, 9.17) is 0 Å². The summed E-state index contributed by atoms with van der Waals surface area (Å²) in [6.45, 7) is 0.574. The SMILES string of the molecule is Cn1cc[n+](C)c1SCC(=O)CCCC(=O)NCc1cccs1.[Cl-]. The number of hydrogen-bond donors (Lipinski definition) is 1. The minimum atomic E-state index is 0. The molecule has 2 heterocycles. The number of aromatic nitrogens is 2. The van der Waals surface area contributed by atoms with Crippen LogP contribution in [0.5, 0.6) is 0 Å². The molecular formula is C16H22ClN3O2S2. The monoisotopic (exact) mass is 387 g/mol. The molecule has 2 rings (SSSR count). The van der Waals surface area contributed by atoms with Gasteiger partial charge >= 0.3 is 5.16 Å². The molecule has 2 aromatic rings. The third kappa shape index (κ3) is 6.67. The molecule has 132 valence electrons. The van der Waals surface area contributed by atoms with Crippen molar-refractivity contribution in [2.45, 2.75) is 31.0 Å². The summed E-state index contributed by atoms with van der Waals surface area (Å²) in [7, 11) is 3.93. The number of thioether (sulfide) groups is 1. The van der Waals surface area contributed by atoms with E-state index in [0.29, 0.717) is 31.6 Å². The van der Waals surface area contributed by atoms with Gasteiger partial charge in [0.15, 0.2) is 0 Å². The van der Waals surface area contributed by atoms with Crippen LogP contribution < -0.4 is 22.3 Å². The fraction of sp³-hybridized carbons (Fsp3) is 0.438. The van der Waals surface area contributed by atoms with E-state index in [2.05, 4.69) is 5.32 Å². The topological polar surface area (TPSA) is 55.0 Å². The number of thiophene rings is 1. The largest absolute Gasteiger partial charge is 1.00 e. The number of Topliss-reactive ketones (excluding diaryl/α,β-unsaturated/α-hetero) is 1. The number of hydrogen-bond acceptors (Lipinski definition) is 4. The van der Waals surface area contributed by atoms with Crippen molar-refractivity contribution in [3.63, 3.8) is 0 Å². The van der Waals surface area contributed by atoms with E-state index >= 15 is 0 Å². The molecule has 2 aromatic heterocycles. The van der Waals surface area contributed by atoms with Crippen LogP contribution >= 0.6 is 23.1 Å². The lowest BCUT2D eigenvalue weighted by Gasteiger charge is -2.03. The summed E-state index contributed by atoms with van der Waals surface area (Å²) in [5, 5.41) is 5.92. The second kappa shape index (κ2) is 10.5. The molecule has 0 bridgehead atoms. The highest BCUT2D eigenvalue weighted by Gasteiger charge is 2.14. The number of nitrogens with zero attached hydrogens (tertiary/aromatic N) is 2. The summed E-state index contributed by atoms with van der Waals surface area (Å²) in [4.78, 5) is 24.8. The van der Waals surface area contributed by atoms with Gasteiger partial charge in [-0.3, -0.25) is 9.59 Å². The minimum absolute atomic E-state index is 0. The predicted octanol–water partition coefficient (Wildman–Crippen LogP) is -0.937. The zero-order valence-corrected chi connectivity index (χ0v) is 16.2. The first kappa shape index (κ1) is 20.7. The number of carbonyl (C=O) groups excluding carboxylic acids is 2. The van der Waals surface area contributed by atoms with Crippen LogP contribution in [0, 0.1) is 0 Å². The van der Waals surface area contributed by atoms with Crippen LogP contribution in [0.25, 0.3) is 0 Å². The van der Waals surface area contributed by atoms with Gasteiger partial charge in [0, 0.05) is 17.7 Å². The zero-order chi connectivity index (χ0) is 16.7. The van der Waals surface area contributed by atoms with Crippen LogP contribution in [0.4, 0.5) is 0 Å². The molecule has 8 heteroatoms. The first-order valence-corrected chi connectivity index (χ1v) is 9.37. The highest BCUT2D eigenvalue weighted by molar-refractivity contribution is 7.99. The van der Waals surface area contributed by atoms with Crippen molar-refractivity contribution in [2.75, 3.05) is 5.75 Å². The maximum atomic E-state index is 11.9. The molecule has 0 saturated heterocycles. The summed E-state index contributed by atoms with van der Waals surface area (Å²) < 4.78 is 3.99. The molecule has 0 atom stereocenters. The Kier molecular flexibility index (Phi) is 9.10. The Balaban J connectivity index is 0.00000288. The molecule has 5 nitrogen and oxygen atoms in total. The summed E-state index contributed by atoms with van der Waals surface area (Å²) >= 11 is 3.16. The zero-order valence-electron chi connectivity index (χ0n) is 13.8. The molecule has 0 aromatic carbocycles. The van der Waals surface area contributed by atoms with Crippen molar-refractivity contribution >= 4 is 34.8 Å². The summed E-state index contributed by atoms with van der Waals surface area (Å²) in [5.74, 6) is 0.637. The average Bonchev–Trinajstić information content (AvgIpc) is 3.14. The summed E-state index contributed by atoms with van der Waals surface area (Å²) in [5.41, 5.74) is 0. The van der Waals surface area contributed by atoms with Crippen molar-refractivity contribution in [3.8, 4) is 0 Å². The Morgan fingerprint density at radius 1 is 1.38 bits per heavy atom. The van der Waals surface area contributed by atoms with E-state index in [-0.39, 0.29) is 24.1 Å². The smallest absolute Gasteiger partial charge is 0.317 e. The third-order valence-corrected chi connectivity index (χ3v) is 5.56. The van der Waals surface area contributed by atoms with E-state index < -0.39 is 0 Å². The second-order valence-electron chi connectivity index (χ2n) is 5.34. The molecule has 0 aliphatic heterocycles. The number of aryl methyl sites for hydroxylation is 2. The quantitative estimate of drug-likeness (QED) is 0.446. The Morgan fingerprint density at radius 2 is 2.17 bits per heavy atom. The van der Waals surface area contributed by atoms with Crippen LogP contribution in [0.2, 0.25) is 0 Å². The van der Waals surface area contributed by atoms with E-state index in [1.807, 2.05) is 53.1 Å². The molecule has 0 saturated carbocycles. The van der Waals surface area contributed by atoms with Crippen LogP contribution in [-0.4, -0.2) is 22.0 Å². The summed E-state index contributed by atoms with van der Waals surface area (Å²) in [6, 6.07) is 3.96. The Morgan fingerprint density at radius 3 is 2.79 bits per heavy atom. The summed E-state index contributed by atoms with van der Waals surface area (Å²) in [6.07, 6.45) is 5.39. The molecule has 0 spiro atoms. The number of nitrogens with one attached hydrogen (secondary N) is 1. The fourth-order valence-electron chi connectivity index (χ4n) is 2.13. The van der Waals surface area contributed by atoms with Gasteiger partial charge in [0.2, 0.25) is 5.91 Å². The maximum absolute atomic E-state index is 11.9. The number of imidazole rings is 1. The number of ketones is 1. The highest BCUT2D eigenvalue weighted by Crippen LogP contribution is 2.14. The highest BCUT2D eigenvalue weighted by atomic mass is 35.5. The Bertz CT molecular complexity index is 637. The van der Waals surface area contributed by atoms with Gasteiger partial charge in [-0.05, 0) is 29.6 Å². The third-order valence-electron chi connectivity index (χ3n) is 3.38. The van der Waals surface area contributed by atoms with Gasteiger partial charge in [-0.2, -0.15) is 0 Å². The van der Waals surface area contributed by atoms with Crippen LogP contribution in [0.15, 0.2) is 35.1 Å². The van der Waals surface area contributed by atoms with Crippen molar-refractivity contribution < 1.29 is 26.6 Å². The molecule has 1 amide bonds. The van der Waals surface area contributed by atoms with E-state index in [0.717, 1.165) is 10.0 Å². The number of rotatable bonds is 9. The number of amides is 1. The molecule has 0 fully saturated rings. The standard InChI is InChI=1S/C16H21N3O2S2.ClH/c1-18-8-9-19(2)16(18)23-12-13(20)5-3-7-15(21)17-11-14-6-4-10-22-14;/h4,6,8-10H,3,5,7,11-12H2,1-2H3;1H. The van der Waals surface area contributed by atoms with Crippen molar-refractivity contribution in [1.82, 2.24) is 9.88 Å². The lowest BCUT2D eigenvalue weighted by Crippen LogP contribution is -3.00. The van der Waals surface area contributed by atoms with Gasteiger partial charge in [0.1, 0.15) is 18.2 Å². The number of carbonyl (C=O) groups is 2. The van der Waals surface area contributed by atoms with Crippen molar-refractivity contribution in [2.24, 2.45) is 14.1 Å². The molecule has 0 radical (unpaired) electrons. The molecule has 1 N–H and O–H groups in total. The molecular weight excluding hydrogens is 366 g/mol. The van der Waals surface area contributed by atoms with E-state index in [1.165, 1.54) is 11.8 Å². The molecule has 24 heavy (non-hydrogen) atoms. The van der Waals surface area contributed by atoms with Crippen molar-refractivity contribution in [3.05, 3.63) is 34.8 Å². The predicted molar refractivity (Wildman–Crippen MR) is 92.3 cm³/mol. The normalized spacial score (nSPS) is 10.2. The van der Waals surface area contributed by atoms with Gasteiger partial charge in [-0.25, -0.2) is 9.13 Å². The first-order chi connectivity index (χ1) is 11.1. The lowest BCUT2D eigenvalue weighted by atomic mass is 10.2. The average molecular weight is 388 g/mol. The first-order valence-electron chi connectivity index (χ1n) is 7.51. The Labute approximate surface area is 156 Å². The Hall–Kier alpha value is -1.31. The van der Waals surface area contributed by atoms with Gasteiger partial charge in [0.05, 0.1) is 26.4 Å². The van der Waals surface area contributed by atoms with Crippen LogP contribution in [0.3, 0.4) is 0 Å².